The second-order valence-corrected chi connectivity index (χ2v) is 5.49. The minimum Gasteiger partial charge on any atom is -0.489 e. The lowest BCUT2D eigenvalue weighted by atomic mass is 10.1. The summed E-state index contributed by atoms with van der Waals surface area (Å²) in [5.41, 5.74) is 2.02. The number of benzene rings is 1. The summed E-state index contributed by atoms with van der Waals surface area (Å²) in [6, 6.07) is 5.50. The van der Waals surface area contributed by atoms with Gasteiger partial charge in [0.15, 0.2) is 0 Å². The van der Waals surface area contributed by atoms with Crippen LogP contribution in [0.2, 0.25) is 5.02 Å². The highest BCUT2D eigenvalue weighted by atomic mass is 35.5. The molecule has 1 saturated heterocycles. The van der Waals surface area contributed by atoms with Crippen LogP contribution in [-0.2, 0) is 0 Å². The largest absolute Gasteiger partial charge is 0.489 e. The van der Waals surface area contributed by atoms with E-state index < -0.39 is 12.3 Å². The number of aliphatic hydroxyl groups excluding tert-OH is 1. The van der Waals surface area contributed by atoms with Gasteiger partial charge in [-0.3, -0.25) is 4.90 Å². The number of alkyl halides is 1. The minimum atomic E-state index is -1.15. The summed E-state index contributed by atoms with van der Waals surface area (Å²) in [7, 11) is 0. The fourth-order valence-corrected chi connectivity index (χ4v) is 2.71. The van der Waals surface area contributed by atoms with Crippen molar-refractivity contribution in [1.29, 1.82) is 0 Å². The molecule has 0 amide bonds. The van der Waals surface area contributed by atoms with E-state index in [4.69, 9.17) is 16.3 Å². The van der Waals surface area contributed by atoms with E-state index >= 15 is 0 Å². The Balaban J connectivity index is 1.73. The summed E-state index contributed by atoms with van der Waals surface area (Å²) in [5, 5.41) is 10.1. The summed E-state index contributed by atoms with van der Waals surface area (Å²) in [5.74, 6) is 0.818. The van der Waals surface area contributed by atoms with Crippen molar-refractivity contribution in [2.75, 3.05) is 26.2 Å². The average molecular weight is 284 g/mol. The molecule has 1 aromatic carbocycles. The first kappa shape index (κ1) is 12.9. The lowest BCUT2D eigenvalue weighted by Gasteiger charge is -2.22. The lowest BCUT2D eigenvalue weighted by molar-refractivity contribution is 0.116. The van der Waals surface area contributed by atoms with Gasteiger partial charge in [0.2, 0.25) is 0 Å². The van der Waals surface area contributed by atoms with E-state index in [9.17, 15) is 9.50 Å². The quantitative estimate of drug-likeness (QED) is 0.903. The van der Waals surface area contributed by atoms with Gasteiger partial charge in [0, 0.05) is 30.2 Å². The fourth-order valence-electron chi connectivity index (χ4n) is 2.52. The van der Waals surface area contributed by atoms with Gasteiger partial charge in [0.25, 0.3) is 0 Å². The predicted molar refractivity (Wildman–Crippen MR) is 72.3 cm³/mol. The van der Waals surface area contributed by atoms with Crippen LogP contribution in [0, 0.1) is 0 Å². The van der Waals surface area contributed by atoms with E-state index in [1.807, 2.05) is 23.1 Å². The maximum atomic E-state index is 13.3. The number of halogens is 2. The van der Waals surface area contributed by atoms with Crippen molar-refractivity contribution in [3.05, 3.63) is 34.4 Å². The average Bonchev–Trinajstić information content (AvgIpc) is 2.67. The highest BCUT2D eigenvalue weighted by Gasteiger charge is 2.31. The van der Waals surface area contributed by atoms with Gasteiger partial charge in [-0.25, -0.2) is 4.39 Å². The van der Waals surface area contributed by atoms with Crippen LogP contribution >= 0.6 is 11.6 Å². The normalized spacial score (nSPS) is 26.8. The molecule has 1 fully saturated rings. The monoisotopic (exact) mass is 283 g/mol. The first-order valence-electron chi connectivity index (χ1n) is 6.28. The molecule has 0 unspecified atom stereocenters. The Kier molecular flexibility index (Phi) is 3.48. The molecule has 3 rings (SSSR count). The zero-order valence-electron chi connectivity index (χ0n) is 10.4. The van der Waals surface area contributed by atoms with Crippen LogP contribution < -0.4 is 4.74 Å². The van der Waals surface area contributed by atoms with E-state index in [1.165, 1.54) is 0 Å². The Morgan fingerprint density at radius 3 is 3.00 bits per heavy atom. The molecule has 102 valence electrons. The van der Waals surface area contributed by atoms with Crippen LogP contribution in [-0.4, -0.2) is 48.5 Å². The Hall–Kier alpha value is -1.10. The molecule has 2 heterocycles. The van der Waals surface area contributed by atoms with Crippen molar-refractivity contribution in [2.24, 2.45) is 0 Å². The van der Waals surface area contributed by atoms with Crippen LogP contribution in [0.25, 0.3) is 6.08 Å². The third kappa shape index (κ3) is 2.76. The maximum absolute atomic E-state index is 13.3. The Morgan fingerprint density at radius 2 is 2.26 bits per heavy atom. The Labute approximate surface area is 116 Å². The number of nitrogens with zero attached hydrogens (tertiary/aromatic N) is 1. The van der Waals surface area contributed by atoms with E-state index in [0.717, 1.165) is 16.9 Å². The fraction of sp³-hybridized carbons (Fsp3) is 0.429. The number of ether oxygens (including phenoxy) is 1. The molecule has 0 bridgehead atoms. The lowest BCUT2D eigenvalue weighted by Crippen LogP contribution is -2.27. The Morgan fingerprint density at radius 1 is 1.42 bits per heavy atom. The summed E-state index contributed by atoms with van der Waals surface area (Å²) in [4.78, 5) is 1.90. The molecule has 19 heavy (non-hydrogen) atoms. The van der Waals surface area contributed by atoms with E-state index in [1.54, 1.807) is 6.07 Å². The maximum Gasteiger partial charge on any atom is 0.140 e. The van der Waals surface area contributed by atoms with Gasteiger partial charge < -0.3 is 9.84 Å². The molecule has 5 heteroatoms. The van der Waals surface area contributed by atoms with Crippen molar-refractivity contribution < 1.29 is 14.2 Å². The molecule has 2 aliphatic rings. The molecule has 2 atom stereocenters. The van der Waals surface area contributed by atoms with E-state index in [-0.39, 0.29) is 6.54 Å². The Bertz CT molecular complexity index is 510. The second kappa shape index (κ2) is 5.12. The van der Waals surface area contributed by atoms with Gasteiger partial charge in [0.05, 0.1) is 6.10 Å². The number of hydrogen-bond donors (Lipinski definition) is 1. The SMILES string of the molecule is O[C@@H]1CN(CC2=Cc3cc(Cl)ccc3OC2)C[C@H]1F. The van der Waals surface area contributed by atoms with Gasteiger partial charge >= 0.3 is 0 Å². The first-order valence-corrected chi connectivity index (χ1v) is 6.66. The summed E-state index contributed by atoms with van der Waals surface area (Å²) >= 11 is 5.96. The van der Waals surface area contributed by atoms with Gasteiger partial charge in [-0.05, 0) is 29.8 Å². The summed E-state index contributed by atoms with van der Waals surface area (Å²) in [6.07, 6.45) is 0.0153. The number of aliphatic hydroxyl groups is 1. The molecule has 0 spiro atoms. The highest BCUT2D eigenvalue weighted by Crippen LogP contribution is 2.29. The molecule has 1 aromatic rings. The van der Waals surface area contributed by atoms with Crippen molar-refractivity contribution in [2.45, 2.75) is 12.3 Å². The van der Waals surface area contributed by atoms with Crippen LogP contribution in [0.15, 0.2) is 23.8 Å². The zero-order valence-corrected chi connectivity index (χ0v) is 11.1. The number of likely N-dealkylation sites (tertiary alicyclic amines) is 1. The molecule has 0 radical (unpaired) electrons. The van der Waals surface area contributed by atoms with Crippen LogP contribution in [0.4, 0.5) is 4.39 Å². The minimum absolute atomic E-state index is 0.279. The van der Waals surface area contributed by atoms with Crippen molar-refractivity contribution in [3.63, 3.8) is 0 Å². The number of rotatable bonds is 2. The van der Waals surface area contributed by atoms with Gasteiger partial charge in [-0.1, -0.05) is 11.6 Å². The molecular formula is C14H15ClFNO2. The molecule has 3 nitrogen and oxygen atoms in total. The topological polar surface area (TPSA) is 32.7 Å². The number of hydrogen-bond acceptors (Lipinski definition) is 3. The van der Waals surface area contributed by atoms with Crippen molar-refractivity contribution in [1.82, 2.24) is 4.90 Å². The smallest absolute Gasteiger partial charge is 0.140 e. The number of β-amino-alcohol motifs (C(OH)–C–C–N with tert-alkyl or cyclic N) is 1. The first-order chi connectivity index (χ1) is 9.11. The van der Waals surface area contributed by atoms with E-state index in [0.29, 0.717) is 24.7 Å². The van der Waals surface area contributed by atoms with Crippen molar-refractivity contribution >= 4 is 17.7 Å². The molecule has 2 aliphatic heterocycles. The van der Waals surface area contributed by atoms with E-state index in [2.05, 4.69) is 0 Å². The van der Waals surface area contributed by atoms with Crippen LogP contribution in [0.5, 0.6) is 5.75 Å². The van der Waals surface area contributed by atoms with Gasteiger partial charge in [-0.2, -0.15) is 0 Å². The second-order valence-electron chi connectivity index (χ2n) is 5.05. The van der Waals surface area contributed by atoms with Crippen molar-refractivity contribution in [3.8, 4) is 5.75 Å². The third-order valence-electron chi connectivity index (χ3n) is 3.47. The van der Waals surface area contributed by atoms with Crippen LogP contribution in [0.1, 0.15) is 5.56 Å². The summed E-state index contributed by atoms with van der Waals surface area (Å²) < 4.78 is 18.9. The molecule has 1 N–H and O–H groups in total. The summed E-state index contributed by atoms with van der Waals surface area (Å²) in [6.45, 7) is 1.77. The molecule has 0 aromatic heterocycles. The molecule has 0 aliphatic carbocycles. The van der Waals surface area contributed by atoms with Crippen LogP contribution in [0.3, 0.4) is 0 Å². The van der Waals surface area contributed by atoms with Gasteiger partial charge in [0.1, 0.15) is 18.5 Å². The molecule has 0 saturated carbocycles. The highest BCUT2D eigenvalue weighted by molar-refractivity contribution is 6.30. The molecular weight excluding hydrogens is 269 g/mol. The predicted octanol–water partition coefficient (Wildman–Crippen LogP) is 2.13. The standard InChI is InChI=1S/C14H15ClFNO2/c15-11-1-2-14-10(4-11)3-9(8-19-14)5-17-6-12(16)13(18)7-17/h1-4,12-13,18H,5-8H2/t12-,13-/m1/s1. The third-order valence-corrected chi connectivity index (χ3v) is 3.70. The van der Waals surface area contributed by atoms with Gasteiger partial charge in [-0.15, -0.1) is 0 Å². The zero-order chi connectivity index (χ0) is 13.4. The number of fused-ring (bicyclic) bond motifs is 1.